The molecule has 1 fully saturated rings. The van der Waals surface area contributed by atoms with Crippen molar-refractivity contribution in [2.45, 2.75) is 51.8 Å². The van der Waals surface area contributed by atoms with Crippen molar-refractivity contribution in [3.8, 4) is 0 Å². The van der Waals surface area contributed by atoms with Crippen molar-refractivity contribution in [1.29, 1.82) is 0 Å². The first-order chi connectivity index (χ1) is 9.94. The average Bonchev–Trinajstić information content (AvgIpc) is 2.83. The van der Waals surface area contributed by atoms with E-state index < -0.39 is 5.60 Å². The summed E-state index contributed by atoms with van der Waals surface area (Å²) in [6, 6.07) is 10.8. The molecule has 1 aromatic rings. The standard InChI is InChI=1S/C18H25NO2/c1-18(2,3)21-17(20)12-11-16-10-7-13-19(16)14-15-8-5-4-6-9-15/h4-6,8-9,11-12,16H,7,10,13-14H2,1-3H3. The van der Waals surface area contributed by atoms with E-state index in [1.54, 1.807) is 6.08 Å². The van der Waals surface area contributed by atoms with E-state index in [4.69, 9.17) is 4.74 Å². The Balaban J connectivity index is 1.91. The van der Waals surface area contributed by atoms with E-state index >= 15 is 0 Å². The molecule has 0 N–H and O–H groups in total. The first-order valence-electron chi connectivity index (χ1n) is 7.63. The van der Waals surface area contributed by atoms with Crippen molar-refractivity contribution in [3.63, 3.8) is 0 Å². The number of ether oxygens (including phenoxy) is 1. The van der Waals surface area contributed by atoms with Crippen molar-refractivity contribution in [2.24, 2.45) is 0 Å². The van der Waals surface area contributed by atoms with Crippen LogP contribution in [0, 0.1) is 0 Å². The number of hydrogen-bond donors (Lipinski definition) is 0. The first-order valence-corrected chi connectivity index (χ1v) is 7.63. The molecule has 0 radical (unpaired) electrons. The summed E-state index contributed by atoms with van der Waals surface area (Å²) in [5.74, 6) is -0.255. The van der Waals surface area contributed by atoms with Gasteiger partial charge in [-0.2, -0.15) is 0 Å². The molecule has 1 aliphatic heterocycles. The van der Waals surface area contributed by atoms with Crippen LogP contribution in [0.2, 0.25) is 0 Å². The van der Waals surface area contributed by atoms with Gasteiger partial charge in [-0.25, -0.2) is 4.79 Å². The summed E-state index contributed by atoms with van der Waals surface area (Å²) in [6.45, 7) is 7.67. The van der Waals surface area contributed by atoms with Crippen molar-refractivity contribution in [1.82, 2.24) is 4.90 Å². The number of carbonyl (C=O) groups is 1. The smallest absolute Gasteiger partial charge is 0.330 e. The van der Waals surface area contributed by atoms with Crippen LogP contribution >= 0.6 is 0 Å². The average molecular weight is 287 g/mol. The van der Waals surface area contributed by atoms with Crippen molar-refractivity contribution < 1.29 is 9.53 Å². The third-order valence-corrected chi connectivity index (χ3v) is 3.50. The van der Waals surface area contributed by atoms with Gasteiger partial charge >= 0.3 is 5.97 Å². The highest BCUT2D eigenvalue weighted by Gasteiger charge is 2.22. The number of rotatable bonds is 4. The highest BCUT2D eigenvalue weighted by atomic mass is 16.6. The second-order valence-electron chi connectivity index (χ2n) is 6.56. The van der Waals surface area contributed by atoms with Crippen LogP contribution in [-0.2, 0) is 16.1 Å². The van der Waals surface area contributed by atoms with E-state index in [-0.39, 0.29) is 5.97 Å². The molecule has 1 aliphatic rings. The maximum absolute atomic E-state index is 11.8. The maximum atomic E-state index is 11.8. The highest BCUT2D eigenvalue weighted by Crippen LogP contribution is 2.21. The molecule has 1 heterocycles. The van der Waals surface area contributed by atoms with Gasteiger partial charge in [-0.1, -0.05) is 36.4 Å². The van der Waals surface area contributed by atoms with E-state index in [0.717, 1.165) is 19.5 Å². The zero-order chi connectivity index (χ0) is 15.3. The molecule has 0 spiro atoms. The molecule has 0 amide bonds. The van der Waals surface area contributed by atoms with Gasteiger partial charge in [-0.05, 0) is 45.7 Å². The fourth-order valence-electron chi connectivity index (χ4n) is 2.61. The van der Waals surface area contributed by atoms with E-state index in [1.165, 1.54) is 12.0 Å². The lowest BCUT2D eigenvalue weighted by Gasteiger charge is -2.22. The molecule has 114 valence electrons. The Hall–Kier alpha value is -1.61. The van der Waals surface area contributed by atoms with Gasteiger partial charge in [0, 0.05) is 18.7 Å². The molecule has 21 heavy (non-hydrogen) atoms. The van der Waals surface area contributed by atoms with E-state index in [0.29, 0.717) is 6.04 Å². The predicted molar refractivity (Wildman–Crippen MR) is 84.9 cm³/mol. The van der Waals surface area contributed by atoms with Gasteiger partial charge in [0.1, 0.15) is 5.60 Å². The van der Waals surface area contributed by atoms with Crippen LogP contribution in [0.3, 0.4) is 0 Å². The van der Waals surface area contributed by atoms with Gasteiger partial charge in [0.25, 0.3) is 0 Å². The molecule has 0 bridgehead atoms. The second-order valence-corrected chi connectivity index (χ2v) is 6.56. The zero-order valence-electron chi connectivity index (χ0n) is 13.2. The predicted octanol–water partition coefficient (Wildman–Crippen LogP) is 3.55. The molecule has 1 atom stereocenters. The number of hydrogen-bond acceptors (Lipinski definition) is 3. The summed E-state index contributed by atoms with van der Waals surface area (Å²) in [7, 11) is 0. The highest BCUT2D eigenvalue weighted by molar-refractivity contribution is 5.82. The molecule has 3 heteroatoms. The SMILES string of the molecule is CC(C)(C)OC(=O)C=CC1CCCN1Cc1ccccc1. The van der Waals surface area contributed by atoms with Crippen molar-refractivity contribution >= 4 is 5.97 Å². The number of esters is 1. The van der Waals surface area contributed by atoms with Gasteiger partial charge in [0.15, 0.2) is 0 Å². The van der Waals surface area contributed by atoms with Crippen LogP contribution in [0.5, 0.6) is 0 Å². The second kappa shape index (κ2) is 6.90. The van der Waals surface area contributed by atoms with Crippen LogP contribution in [0.15, 0.2) is 42.5 Å². The normalized spacial score (nSPS) is 20.0. The van der Waals surface area contributed by atoms with Crippen molar-refractivity contribution in [3.05, 3.63) is 48.0 Å². The summed E-state index contributed by atoms with van der Waals surface area (Å²) >= 11 is 0. The van der Waals surface area contributed by atoms with Crippen LogP contribution in [0.25, 0.3) is 0 Å². The summed E-state index contributed by atoms with van der Waals surface area (Å²) in [5, 5.41) is 0. The summed E-state index contributed by atoms with van der Waals surface area (Å²) in [6.07, 6.45) is 5.85. The molecule has 1 saturated heterocycles. The lowest BCUT2D eigenvalue weighted by atomic mass is 10.1. The van der Waals surface area contributed by atoms with Gasteiger partial charge in [-0.3, -0.25) is 4.90 Å². The van der Waals surface area contributed by atoms with E-state index in [9.17, 15) is 4.79 Å². The molecule has 0 aromatic heterocycles. The van der Waals surface area contributed by atoms with Crippen LogP contribution < -0.4 is 0 Å². The Morgan fingerprint density at radius 3 is 2.71 bits per heavy atom. The lowest BCUT2D eigenvalue weighted by Crippen LogP contribution is -2.28. The van der Waals surface area contributed by atoms with Gasteiger partial charge in [0.05, 0.1) is 0 Å². The number of likely N-dealkylation sites (tertiary alicyclic amines) is 1. The van der Waals surface area contributed by atoms with Gasteiger partial charge in [0.2, 0.25) is 0 Å². The van der Waals surface area contributed by atoms with E-state index in [1.807, 2.05) is 32.9 Å². The summed E-state index contributed by atoms with van der Waals surface area (Å²) < 4.78 is 5.31. The number of nitrogens with zero attached hydrogens (tertiary/aromatic N) is 1. The van der Waals surface area contributed by atoms with Gasteiger partial charge in [-0.15, -0.1) is 0 Å². The zero-order valence-corrected chi connectivity index (χ0v) is 13.2. The quantitative estimate of drug-likeness (QED) is 0.626. The Morgan fingerprint density at radius 1 is 1.33 bits per heavy atom. The minimum Gasteiger partial charge on any atom is -0.457 e. The molecule has 0 saturated carbocycles. The largest absolute Gasteiger partial charge is 0.457 e. The number of benzene rings is 1. The Bertz CT molecular complexity index is 488. The molecule has 2 rings (SSSR count). The van der Waals surface area contributed by atoms with Crippen LogP contribution in [-0.4, -0.2) is 29.1 Å². The van der Waals surface area contributed by atoms with Gasteiger partial charge < -0.3 is 4.74 Å². The third kappa shape index (κ3) is 5.35. The van der Waals surface area contributed by atoms with Crippen molar-refractivity contribution in [2.75, 3.05) is 6.54 Å². The summed E-state index contributed by atoms with van der Waals surface area (Å²) in [5.41, 5.74) is 0.885. The lowest BCUT2D eigenvalue weighted by molar-refractivity contribution is -0.148. The molecular weight excluding hydrogens is 262 g/mol. The topological polar surface area (TPSA) is 29.5 Å². The summed E-state index contributed by atoms with van der Waals surface area (Å²) in [4.78, 5) is 14.2. The Kier molecular flexibility index (Phi) is 5.18. The van der Waals surface area contributed by atoms with E-state index in [2.05, 4.69) is 29.2 Å². The monoisotopic (exact) mass is 287 g/mol. The fourth-order valence-corrected chi connectivity index (χ4v) is 2.61. The third-order valence-electron chi connectivity index (χ3n) is 3.50. The fraction of sp³-hybridized carbons (Fsp3) is 0.500. The minimum absolute atomic E-state index is 0.255. The Morgan fingerprint density at radius 2 is 2.05 bits per heavy atom. The molecule has 0 aliphatic carbocycles. The van der Waals surface area contributed by atoms with Crippen LogP contribution in [0.1, 0.15) is 39.2 Å². The van der Waals surface area contributed by atoms with Crippen LogP contribution in [0.4, 0.5) is 0 Å². The maximum Gasteiger partial charge on any atom is 0.330 e. The minimum atomic E-state index is -0.430. The first kappa shape index (κ1) is 15.8. The molecule has 1 unspecified atom stereocenters. The molecular formula is C18H25NO2. The molecule has 1 aromatic carbocycles. The number of carbonyl (C=O) groups excluding carboxylic acids is 1. The Labute approximate surface area is 127 Å². The molecule has 3 nitrogen and oxygen atoms in total.